The van der Waals surface area contributed by atoms with Crippen molar-refractivity contribution in [3.05, 3.63) is 100 Å². The summed E-state index contributed by atoms with van der Waals surface area (Å²) in [7, 11) is -3.76. The monoisotopic (exact) mass is 469 g/mol. The Bertz CT molecular complexity index is 1440. The average molecular weight is 470 g/mol. The summed E-state index contributed by atoms with van der Waals surface area (Å²) >= 11 is 1.30. The van der Waals surface area contributed by atoms with Crippen molar-refractivity contribution in [2.24, 2.45) is 5.14 Å². The van der Waals surface area contributed by atoms with Gasteiger partial charge in [-0.15, -0.1) is 0 Å². The fraction of sp³-hybridized carbons (Fsp3) is 0.130. The molecule has 0 aliphatic heterocycles. The van der Waals surface area contributed by atoms with E-state index in [-0.39, 0.29) is 16.3 Å². The minimum atomic E-state index is -3.76. The number of thioether (sulfide) groups is 1. The quantitative estimate of drug-likeness (QED) is 0.329. The Morgan fingerprint density at radius 1 is 0.969 bits per heavy atom. The van der Waals surface area contributed by atoms with Crippen molar-refractivity contribution in [2.45, 2.75) is 28.8 Å². The molecule has 0 saturated heterocycles. The highest BCUT2D eigenvalue weighted by Gasteiger charge is 2.13. The second-order valence-electron chi connectivity index (χ2n) is 7.19. The van der Waals surface area contributed by atoms with Gasteiger partial charge in [0.25, 0.3) is 5.56 Å². The van der Waals surface area contributed by atoms with Crippen LogP contribution in [0.4, 0.5) is 4.39 Å². The third-order valence-electron chi connectivity index (χ3n) is 5.02. The number of aromatic nitrogens is 2. The predicted molar refractivity (Wildman–Crippen MR) is 123 cm³/mol. The largest absolute Gasteiger partial charge is 0.287 e. The first-order valence-corrected chi connectivity index (χ1v) is 12.3. The highest BCUT2D eigenvalue weighted by atomic mass is 32.2. The van der Waals surface area contributed by atoms with Crippen molar-refractivity contribution < 1.29 is 12.8 Å². The number of primary sulfonamides is 1. The number of hydrogen-bond donors (Lipinski definition) is 1. The summed E-state index contributed by atoms with van der Waals surface area (Å²) in [4.78, 5) is 17.9. The van der Waals surface area contributed by atoms with Crippen molar-refractivity contribution in [1.82, 2.24) is 9.55 Å². The van der Waals surface area contributed by atoms with Gasteiger partial charge < -0.3 is 0 Å². The van der Waals surface area contributed by atoms with E-state index in [1.165, 1.54) is 30.0 Å². The normalized spacial score (nSPS) is 11.7. The van der Waals surface area contributed by atoms with Crippen molar-refractivity contribution in [2.75, 3.05) is 0 Å². The van der Waals surface area contributed by atoms with E-state index in [0.717, 1.165) is 5.56 Å². The minimum absolute atomic E-state index is 0.0342. The van der Waals surface area contributed by atoms with Gasteiger partial charge in [0, 0.05) is 12.3 Å². The van der Waals surface area contributed by atoms with Crippen LogP contribution in [-0.2, 0) is 28.7 Å². The number of para-hydroxylation sites is 1. The van der Waals surface area contributed by atoms with E-state index in [2.05, 4.69) is 4.98 Å². The molecule has 2 N–H and O–H groups in total. The Morgan fingerprint density at radius 3 is 2.38 bits per heavy atom. The molecule has 0 fully saturated rings. The Labute approximate surface area is 189 Å². The molecule has 1 aromatic heterocycles. The molecule has 0 amide bonds. The van der Waals surface area contributed by atoms with Crippen molar-refractivity contribution in [1.29, 1.82) is 0 Å². The number of halogens is 1. The van der Waals surface area contributed by atoms with Crippen LogP contribution in [0.5, 0.6) is 0 Å². The number of hydrogen-bond acceptors (Lipinski definition) is 5. The molecule has 3 aromatic carbocycles. The number of rotatable bonds is 7. The second kappa shape index (κ2) is 9.23. The molecule has 6 nitrogen and oxygen atoms in total. The van der Waals surface area contributed by atoms with Crippen molar-refractivity contribution in [3.8, 4) is 0 Å². The van der Waals surface area contributed by atoms with Gasteiger partial charge in [-0.2, -0.15) is 0 Å². The van der Waals surface area contributed by atoms with Gasteiger partial charge in [-0.25, -0.2) is 22.9 Å². The summed E-state index contributed by atoms with van der Waals surface area (Å²) < 4.78 is 38.5. The van der Waals surface area contributed by atoms with Gasteiger partial charge >= 0.3 is 0 Å². The zero-order chi connectivity index (χ0) is 22.7. The summed E-state index contributed by atoms with van der Waals surface area (Å²) in [5.74, 6) is 0.0326. The zero-order valence-electron chi connectivity index (χ0n) is 16.9. The number of nitrogens with zero attached hydrogens (tertiary/aromatic N) is 2. The summed E-state index contributed by atoms with van der Waals surface area (Å²) in [6, 6.07) is 19.9. The van der Waals surface area contributed by atoms with Crippen LogP contribution in [0.25, 0.3) is 10.9 Å². The lowest BCUT2D eigenvalue weighted by atomic mass is 10.1. The molecule has 164 valence electrons. The third kappa shape index (κ3) is 4.90. The molecule has 0 spiro atoms. The number of sulfonamides is 1. The molecule has 32 heavy (non-hydrogen) atoms. The summed E-state index contributed by atoms with van der Waals surface area (Å²) in [6.45, 7) is 0.338. The van der Waals surface area contributed by atoms with E-state index in [0.29, 0.717) is 40.3 Å². The van der Waals surface area contributed by atoms with Gasteiger partial charge in [-0.1, -0.05) is 54.2 Å². The van der Waals surface area contributed by atoms with Gasteiger partial charge in [0.2, 0.25) is 10.0 Å². The molecule has 9 heteroatoms. The Morgan fingerprint density at radius 2 is 1.66 bits per heavy atom. The SMILES string of the molecule is NS(=O)(=O)c1ccc(CCn2c(SCc3ccccc3F)nc3ccccc3c2=O)cc1. The third-order valence-corrected chi connectivity index (χ3v) is 6.97. The van der Waals surface area contributed by atoms with E-state index in [1.54, 1.807) is 53.1 Å². The summed E-state index contributed by atoms with van der Waals surface area (Å²) in [5, 5.41) is 6.15. The molecule has 4 rings (SSSR count). The van der Waals surface area contributed by atoms with Crippen LogP contribution >= 0.6 is 11.8 Å². The lowest BCUT2D eigenvalue weighted by Crippen LogP contribution is -2.24. The van der Waals surface area contributed by atoms with Crippen molar-refractivity contribution >= 4 is 32.7 Å². The van der Waals surface area contributed by atoms with Gasteiger partial charge in [0.1, 0.15) is 5.82 Å². The van der Waals surface area contributed by atoms with Crippen molar-refractivity contribution in [3.63, 3.8) is 0 Å². The fourth-order valence-electron chi connectivity index (χ4n) is 3.30. The highest BCUT2D eigenvalue weighted by Crippen LogP contribution is 2.24. The molecule has 0 aliphatic rings. The maximum absolute atomic E-state index is 14.1. The first kappa shape index (κ1) is 22.2. The van der Waals surface area contributed by atoms with E-state index in [1.807, 2.05) is 6.07 Å². The van der Waals surface area contributed by atoms with E-state index in [9.17, 15) is 17.6 Å². The first-order chi connectivity index (χ1) is 15.3. The maximum Gasteiger partial charge on any atom is 0.262 e. The van der Waals surface area contributed by atoms with Crippen LogP contribution < -0.4 is 10.7 Å². The Kier molecular flexibility index (Phi) is 6.40. The van der Waals surface area contributed by atoms with Crippen LogP contribution in [-0.4, -0.2) is 18.0 Å². The van der Waals surface area contributed by atoms with Crippen LogP contribution in [0.15, 0.2) is 87.6 Å². The molecule has 0 aliphatic carbocycles. The molecule has 0 saturated carbocycles. The first-order valence-electron chi connectivity index (χ1n) is 9.80. The van der Waals surface area contributed by atoms with E-state index >= 15 is 0 Å². The lowest BCUT2D eigenvalue weighted by molar-refractivity contribution is 0.593. The highest BCUT2D eigenvalue weighted by molar-refractivity contribution is 7.98. The van der Waals surface area contributed by atoms with Crippen LogP contribution in [0, 0.1) is 5.82 Å². The zero-order valence-corrected chi connectivity index (χ0v) is 18.6. The van der Waals surface area contributed by atoms with Gasteiger partial charge in [-0.3, -0.25) is 9.36 Å². The molecule has 0 unspecified atom stereocenters. The average Bonchev–Trinajstić information content (AvgIpc) is 2.78. The molecular formula is C23H20FN3O3S2. The van der Waals surface area contributed by atoms with Gasteiger partial charge in [0.15, 0.2) is 5.16 Å². The van der Waals surface area contributed by atoms with Crippen LogP contribution in [0.3, 0.4) is 0 Å². The Hall–Kier alpha value is -3.01. The van der Waals surface area contributed by atoms with E-state index in [4.69, 9.17) is 5.14 Å². The van der Waals surface area contributed by atoms with E-state index < -0.39 is 10.0 Å². The number of benzene rings is 3. The van der Waals surface area contributed by atoms with Crippen LogP contribution in [0.2, 0.25) is 0 Å². The van der Waals surface area contributed by atoms with Gasteiger partial charge in [-0.05, 0) is 47.9 Å². The summed E-state index contributed by atoms with van der Waals surface area (Å²) in [6.07, 6.45) is 0.484. The number of fused-ring (bicyclic) bond motifs is 1. The topological polar surface area (TPSA) is 95.1 Å². The standard InChI is InChI=1S/C23H20FN3O3S2/c24-20-7-3-1-5-17(20)15-31-23-26-21-8-4-2-6-19(21)22(28)27(23)14-13-16-9-11-18(12-10-16)32(25,29)30/h1-12H,13-15H2,(H2,25,29,30). The fourth-order valence-corrected chi connectivity index (χ4v) is 4.83. The number of nitrogens with two attached hydrogens (primary N) is 1. The lowest BCUT2D eigenvalue weighted by Gasteiger charge is -2.13. The smallest absolute Gasteiger partial charge is 0.262 e. The molecule has 0 bridgehead atoms. The summed E-state index contributed by atoms with van der Waals surface area (Å²) in [5.41, 5.74) is 1.79. The number of aryl methyl sites for hydroxylation is 1. The maximum atomic E-state index is 14.1. The van der Waals surface area contributed by atoms with Gasteiger partial charge in [0.05, 0.1) is 15.8 Å². The minimum Gasteiger partial charge on any atom is -0.287 e. The Balaban J connectivity index is 1.64. The molecule has 0 radical (unpaired) electrons. The van der Waals surface area contributed by atoms with Crippen LogP contribution in [0.1, 0.15) is 11.1 Å². The molecule has 4 aromatic rings. The molecule has 0 atom stereocenters. The molecule has 1 heterocycles. The second-order valence-corrected chi connectivity index (χ2v) is 9.69. The predicted octanol–water partition coefficient (Wildman–Crippen LogP) is 3.72. The molecular weight excluding hydrogens is 449 g/mol.